The molecule has 1 heterocycles. The first-order chi connectivity index (χ1) is 6.50. The number of carbonyl (C=O) groups is 2. The second-order valence-corrected chi connectivity index (χ2v) is 2.87. The number of primary amides is 1. The van der Waals surface area contributed by atoms with Crippen LogP contribution in [0.3, 0.4) is 0 Å². The average molecular weight is 197 g/mol. The molecule has 0 spiro atoms. The minimum Gasteiger partial charge on any atom is -0.368 e. The number of hydrogen-bond acceptors (Lipinski definition) is 4. The Kier molecular flexibility index (Phi) is 2.80. The zero-order valence-electron chi connectivity index (χ0n) is 7.89. The monoisotopic (exact) mass is 197 g/mol. The number of amides is 2. The van der Waals surface area contributed by atoms with Gasteiger partial charge in [0, 0.05) is 7.05 Å². The fraction of sp³-hybridized carbons (Fsp3) is 0.429. The Morgan fingerprint density at radius 3 is 2.71 bits per heavy atom. The number of hydrogen-bond donors (Lipinski definition) is 2. The number of aromatic nitrogens is 3. The van der Waals surface area contributed by atoms with Gasteiger partial charge in [-0.15, -0.1) is 5.10 Å². The minimum atomic E-state index is -0.718. The van der Waals surface area contributed by atoms with Crippen molar-refractivity contribution >= 4 is 11.8 Å². The summed E-state index contributed by atoms with van der Waals surface area (Å²) in [6, 6.07) is -0.718. The second kappa shape index (κ2) is 3.86. The fourth-order valence-corrected chi connectivity index (χ4v) is 0.793. The van der Waals surface area contributed by atoms with E-state index in [2.05, 4.69) is 15.6 Å². The Balaban J connectivity index is 2.63. The first-order valence-corrected chi connectivity index (χ1v) is 3.97. The van der Waals surface area contributed by atoms with Crippen molar-refractivity contribution in [3.05, 3.63) is 11.9 Å². The lowest BCUT2D eigenvalue weighted by atomic mass is 10.3. The molecule has 0 saturated carbocycles. The molecule has 0 aliphatic carbocycles. The molecule has 1 atom stereocenters. The standard InChI is InChI=1S/C7H11N5O2/c1-4(6(8)13)9-7(14)5-3-12(2)11-10-5/h3-4H,1-2H3,(H2,8,13)(H,9,14)/t4-/m0/s1. The van der Waals surface area contributed by atoms with Crippen molar-refractivity contribution < 1.29 is 9.59 Å². The lowest BCUT2D eigenvalue weighted by Gasteiger charge is -2.07. The van der Waals surface area contributed by atoms with Crippen molar-refractivity contribution in [2.45, 2.75) is 13.0 Å². The van der Waals surface area contributed by atoms with Crippen LogP contribution in [0.5, 0.6) is 0 Å². The molecule has 3 N–H and O–H groups in total. The summed E-state index contributed by atoms with van der Waals surface area (Å²) in [4.78, 5) is 22.0. The third-order valence-corrected chi connectivity index (χ3v) is 1.61. The maximum atomic E-state index is 11.3. The van der Waals surface area contributed by atoms with E-state index in [4.69, 9.17) is 5.73 Å². The number of carbonyl (C=O) groups excluding carboxylic acids is 2. The largest absolute Gasteiger partial charge is 0.368 e. The molecule has 1 aromatic heterocycles. The Hall–Kier alpha value is -1.92. The van der Waals surface area contributed by atoms with Gasteiger partial charge in [-0.1, -0.05) is 5.21 Å². The minimum absolute atomic E-state index is 0.153. The van der Waals surface area contributed by atoms with Gasteiger partial charge in [0.05, 0.1) is 6.20 Å². The highest BCUT2D eigenvalue weighted by molar-refractivity contribution is 5.95. The van der Waals surface area contributed by atoms with E-state index in [-0.39, 0.29) is 5.69 Å². The van der Waals surface area contributed by atoms with Crippen molar-refractivity contribution in [3.63, 3.8) is 0 Å². The molecule has 0 aromatic carbocycles. The van der Waals surface area contributed by atoms with Crippen molar-refractivity contribution in [2.24, 2.45) is 12.8 Å². The van der Waals surface area contributed by atoms with Gasteiger partial charge < -0.3 is 11.1 Å². The van der Waals surface area contributed by atoms with Gasteiger partial charge in [0.1, 0.15) is 6.04 Å². The van der Waals surface area contributed by atoms with Crippen molar-refractivity contribution in [1.29, 1.82) is 0 Å². The van der Waals surface area contributed by atoms with E-state index >= 15 is 0 Å². The lowest BCUT2D eigenvalue weighted by Crippen LogP contribution is -2.42. The van der Waals surface area contributed by atoms with E-state index in [9.17, 15) is 9.59 Å². The summed E-state index contributed by atoms with van der Waals surface area (Å²) in [7, 11) is 1.64. The highest BCUT2D eigenvalue weighted by Crippen LogP contribution is 1.92. The molecule has 76 valence electrons. The summed E-state index contributed by atoms with van der Waals surface area (Å²) in [5.41, 5.74) is 5.13. The molecule has 0 aliphatic rings. The van der Waals surface area contributed by atoms with Crippen LogP contribution in [0.25, 0.3) is 0 Å². The maximum absolute atomic E-state index is 11.3. The van der Waals surface area contributed by atoms with E-state index < -0.39 is 17.9 Å². The summed E-state index contributed by atoms with van der Waals surface area (Å²) in [6.45, 7) is 1.50. The number of nitrogens with one attached hydrogen (secondary N) is 1. The second-order valence-electron chi connectivity index (χ2n) is 2.87. The van der Waals surface area contributed by atoms with Crippen LogP contribution < -0.4 is 11.1 Å². The van der Waals surface area contributed by atoms with Gasteiger partial charge in [-0.25, -0.2) is 0 Å². The predicted octanol–water partition coefficient (Wildman–Crippen LogP) is -1.58. The zero-order valence-corrected chi connectivity index (χ0v) is 7.89. The smallest absolute Gasteiger partial charge is 0.274 e. The molecular formula is C7H11N5O2. The van der Waals surface area contributed by atoms with Crippen LogP contribution in [0.2, 0.25) is 0 Å². The van der Waals surface area contributed by atoms with Crippen LogP contribution in [-0.4, -0.2) is 32.9 Å². The zero-order chi connectivity index (χ0) is 10.7. The van der Waals surface area contributed by atoms with Gasteiger partial charge in [-0.3, -0.25) is 14.3 Å². The van der Waals surface area contributed by atoms with E-state index in [1.54, 1.807) is 7.05 Å². The molecule has 0 unspecified atom stereocenters. The molecule has 7 nitrogen and oxygen atoms in total. The Morgan fingerprint density at radius 1 is 1.64 bits per heavy atom. The maximum Gasteiger partial charge on any atom is 0.274 e. The van der Waals surface area contributed by atoms with Crippen molar-refractivity contribution in [2.75, 3.05) is 0 Å². The molecule has 0 aliphatic heterocycles. The molecule has 1 aromatic rings. The fourth-order valence-electron chi connectivity index (χ4n) is 0.793. The van der Waals surface area contributed by atoms with Crippen LogP contribution in [0.4, 0.5) is 0 Å². The van der Waals surface area contributed by atoms with Gasteiger partial charge in [-0.2, -0.15) is 0 Å². The molecule has 0 fully saturated rings. The molecule has 14 heavy (non-hydrogen) atoms. The number of rotatable bonds is 3. The topological polar surface area (TPSA) is 103 Å². The van der Waals surface area contributed by atoms with Crippen molar-refractivity contribution in [1.82, 2.24) is 20.3 Å². The van der Waals surface area contributed by atoms with E-state index in [0.717, 1.165) is 0 Å². The molecule has 0 saturated heterocycles. The van der Waals surface area contributed by atoms with Gasteiger partial charge in [-0.05, 0) is 6.92 Å². The Labute approximate surface area is 80.3 Å². The lowest BCUT2D eigenvalue weighted by molar-refractivity contribution is -0.119. The van der Waals surface area contributed by atoms with Crippen LogP contribution in [0, 0.1) is 0 Å². The Bertz CT molecular complexity index is 359. The Morgan fingerprint density at radius 2 is 2.29 bits per heavy atom. The summed E-state index contributed by atoms with van der Waals surface area (Å²) in [5.74, 6) is -1.06. The molecule has 7 heteroatoms. The quantitative estimate of drug-likeness (QED) is 0.610. The van der Waals surface area contributed by atoms with Crippen LogP contribution in [0.15, 0.2) is 6.20 Å². The highest BCUT2D eigenvalue weighted by atomic mass is 16.2. The van der Waals surface area contributed by atoms with Crippen LogP contribution in [0.1, 0.15) is 17.4 Å². The highest BCUT2D eigenvalue weighted by Gasteiger charge is 2.15. The number of nitrogens with two attached hydrogens (primary N) is 1. The van der Waals surface area contributed by atoms with E-state index in [0.29, 0.717) is 0 Å². The SMILES string of the molecule is C[C@H](NC(=O)c1cn(C)nn1)C(N)=O. The predicted molar refractivity (Wildman–Crippen MR) is 47.1 cm³/mol. The first-order valence-electron chi connectivity index (χ1n) is 3.97. The van der Waals surface area contributed by atoms with Gasteiger partial charge in [0.2, 0.25) is 5.91 Å². The summed E-state index contributed by atoms with van der Waals surface area (Å²) >= 11 is 0. The molecule has 1 rings (SSSR count). The molecular weight excluding hydrogens is 186 g/mol. The van der Waals surface area contributed by atoms with Crippen LogP contribution >= 0.6 is 0 Å². The third-order valence-electron chi connectivity index (χ3n) is 1.61. The molecule has 0 bridgehead atoms. The van der Waals surface area contributed by atoms with Gasteiger partial charge >= 0.3 is 0 Å². The summed E-state index contributed by atoms with van der Waals surface area (Å²) in [6.07, 6.45) is 1.45. The normalized spacial score (nSPS) is 12.1. The average Bonchev–Trinajstić information content (AvgIpc) is 2.51. The van der Waals surface area contributed by atoms with Crippen molar-refractivity contribution in [3.8, 4) is 0 Å². The molecule has 0 radical (unpaired) electrons. The molecule has 2 amide bonds. The van der Waals surface area contributed by atoms with Crippen LogP contribution in [-0.2, 0) is 11.8 Å². The van der Waals surface area contributed by atoms with Gasteiger partial charge in [0.15, 0.2) is 5.69 Å². The van der Waals surface area contributed by atoms with E-state index in [1.807, 2.05) is 0 Å². The van der Waals surface area contributed by atoms with E-state index in [1.165, 1.54) is 17.8 Å². The number of nitrogens with zero attached hydrogens (tertiary/aromatic N) is 3. The summed E-state index contributed by atoms with van der Waals surface area (Å²) < 4.78 is 1.39. The van der Waals surface area contributed by atoms with Gasteiger partial charge in [0.25, 0.3) is 5.91 Å². The first kappa shape index (κ1) is 10.2. The number of aryl methyl sites for hydroxylation is 1. The summed E-state index contributed by atoms with van der Waals surface area (Å²) in [5, 5.41) is 9.54. The third kappa shape index (κ3) is 2.28.